The minimum absolute atomic E-state index is 0.804. The minimum Gasteiger partial charge on any atom is -0.255 e. The lowest BCUT2D eigenvalue weighted by molar-refractivity contribution is 1.22. The summed E-state index contributed by atoms with van der Waals surface area (Å²) < 4.78 is 0. The highest BCUT2D eigenvalue weighted by atomic mass is 14.8. The zero-order valence-electron chi connectivity index (χ0n) is 30.3. The Kier molecular flexibility index (Phi) is 8.43. The Hall–Kier alpha value is -7.63. The monoisotopic (exact) mass is 715 g/mol. The summed E-state index contributed by atoms with van der Waals surface area (Å²) >= 11 is 0. The van der Waals surface area contributed by atoms with Gasteiger partial charge in [0, 0.05) is 39.9 Å². The second-order valence-electron chi connectivity index (χ2n) is 13.8. The van der Waals surface area contributed by atoms with Crippen LogP contribution >= 0.6 is 0 Å². The van der Waals surface area contributed by atoms with Crippen molar-refractivity contribution < 1.29 is 0 Å². The molecule has 0 N–H and O–H groups in total. The van der Waals surface area contributed by atoms with Gasteiger partial charge in [-0.15, -0.1) is 0 Å². The molecule has 0 atom stereocenters. The van der Waals surface area contributed by atoms with E-state index >= 15 is 0 Å². The van der Waals surface area contributed by atoms with Crippen LogP contribution < -0.4 is 0 Å². The van der Waals surface area contributed by atoms with Gasteiger partial charge in [0.25, 0.3) is 0 Å². The van der Waals surface area contributed by atoms with Gasteiger partial charge in [0.05, 0.1) is 45.2 Å². The molecule has 0 radical (unpaired) electrons. The molecule has 56 heavy (non-hydrogen) atoms. The molecule has 0 aliphatic rings. The molecule has 10 aromatic rings. The van der Waals surface area contributed by atoms with Crippen molar-refractivity contribution in [2.75, 3.05) is 0 Å². The minimum atomic E-state index is 0.804. The third-order valence-corrected chi connectivity index (χ3v) is 10.2. The second kappa shape index (κ2) is 14.3. The van der Waals surface area contributed by atoms with E-state index in [0.717, 1.165) is 100 Å². The molecule has 0 unspecified atom stereocenters. The van der Waals surface area contributed by atoms with Crippen LogP contribution in [0.2, 0.25) is 0 Å². The molecule has 5 aromatic carbocycles. The maximum Gasteiger partial charge on any atom is 0.0972 e. The number of aromatic nitrogens is 5. The van der Waals surface area contributed by atoms with Crippen molar-refractivity contribution >= 4 is 21.8 Å². The third-order valence-electron chi connectivity index (χ3n) is 10.2. The van der Waals surface area contributed by atoms with Gasteiger partial charge in [-0.3, -0.25) is 9.97 Å². The van der Waals surface area contributed by atoms with E-state index in [2.05, 4.69) is 132 Å². The summed E-state index contributed by atoms with van der Waals surface area (Å²) in [7, 11) is 0. The van der Waals surface area contributed by atoms with Gasteiger partial charge in [-0.1, -0.05) is 146 Å². The lowest BCUT2D eigenvalue weighted by Gasteiger charge is -2.10. The van der Waals surface area contributed by atoms with E-state index in [1.54, 1.807) is 6.20 Å². The van der Waals surface area contributed by atoms with Crippen molar-refractivity contribution in [2.24, 2.45) is 0 Å². The summed E-state index contributed by atoms with van der Waals surface area (Å²) in [5.41, 5.74) is 15.7. The Labute approximate surface area is 324 Å². The molecule has 262 valence electrons. The Morgan fingerprint density at radius 2 is 0.679 bits per heavy atom. The first-order chi connectivity index (χ1) is 27.7. The summed E-state index contributed by atoms with van der Waals surface area (Å²) in [4.78, 5) is 24.6. The number of pyridine rings is 5. The predicted molar refractivity (Wildman–Crippen MR) is 228 cm³/mol. The molecule has 0 saturated heterocycles. The maximum absolute atomic E-state index is 5.14. The number of benzene rings is 5. The van der Waals surface area contributed by atoms with Gasteiger partial charge < -0.3 is 0 Å². The van der Waals surface area contributed by atoms with E-state index in [4.69, 9.17) is 19.9 Å². The van der Waals surface area contributed by atoms with Crippen LogP contribution in [0, 0.1) is 0 Å². The van der Waals surface area contributed by atoms with E-state index in [0.29, 0.717) is 0 Å². The van der Waals surface area contributed by atoms with Crippen molar-refractivity contribution in [1.82, 2.24) is 24.9 Å². The Morgan fingerprint density at radius 1 is 0.250 bits per heavy atom. The van der Waals surface area contributed by atoms with Crippen LogP contribution in [0.5, 0.6) is 0 Å². The molecule has 5 nitrogen and oxygen atoms in total. The number of nitrogens with zero attached hydrogens (tertiary/aromatic N) is 5. The molecule has 0 bridgehead atoms. The first kappa shape index (κ1) is 33.0. The first-order valence-electron chi connectivity index (χ1n) is 18.6. The Balaban J connectivity index is 0.898. The Morgan fingerprint density at radius 3 is 1.21 bits per heavy atom. The number of hydrogen-bond acceptors (Lipinski definition) is 5. The second-order valence-corrected chi connectivity index (χ2v) is 13.8. The molecule has 5 aromatic heterocycles. The molecule has 0 aliphatic heterocycles. The van der Waals surface area contributed by atoms with Gasteiger partial charge in [0.15, 0.2) is 0 Å². The highest BCUT2D eigenvalue weighted by Gasteiger charge is 2.12. The lowest BCUT2D eigenvalue weighted by Crippen LogP contribution is -1.94. The Bertz CT molecular complexity index is 2910. The van der Waals surface area contributed by atoms with Gasteiger partial charge in [-0.25, -0.2) is 15.0 Å². The van der Waals surface area contributed by atoms with Crippen LogP contribution in [0.3, 0.4) is 0 Å². The molecule has 0 amide bonds. The van der Waals surface area contributed by atoms with Gasteiger partial charge in [0.1, 0.15) is 0 Å². The van der Waals surface area contributed by atoms with E-state index in [9.17, 15) is 0 Å². The van der Waals surface area contributed by atoms with Crippen LogP contribution in [-0.2, 0) is 0 Å². The molecule has 0 spiro atoms. The van der Waals surface area contributed by atoms with E-state index < -0.39 is 0 Å². The first-order valence-corrected chi connectivity index (χ1v) is 18.6. The highest BCUT2D eigenvalue weighted by Crippen LogP contribution is 2.33. The summed E-state index contributed by atoms with van der Waals surface area (Å²) in [5.74, 6) is 0. The zero-order chi connectivity index (χ0) is 37.3. The summed E-state index contributed by atoms with van der Waals surface area (Å²) in [6.07, 6.45) is 3.72. The van der Waals surface area contributed by atoms with Crippen molar-refractivity contribution in [3.8, 4) is 78.7 Å². The molecule has 5 heteroatoms. The predicted octanol–water partition coefficient (Wildman–Crippen LogP) is 12.6. The molecular weight excluding hydrogens is 683 g/mol. The molecule has 5 heterocycles. The largest absolute Gasteiger partial charge is 0.255 e. The average molecular weight is 716 g/mol. The fraction of sp³-hybridized carbons (Fsp3) is 0. The summed E-state index contributed by atoms with van der Waals surface area (Å²) in [6, 6.07) is 64.8. The summed E-state index contributed by atoms with van der Waals surface area (Å²) in [5, 5.41) is 2.15. The van der Waals surface area contributed by atoms with Gasteiger partial charge in [-0.2, -0.15) is 0 Å². The highest BCUT2D eigenvalue weighted by molar-refractivity contribution is 6.04. The topological polar surface area (TPSA) is 64.5 Å². The lowest BCUT2D eigenvalue weighted by atomic mass is 9.99. The van der Waals surface area contributed by atoms with E-state index in [-0.39, 0.29) is 0 Å². The van der Waals surface area contributed by atoms with Crippen LogP contribution in [0.1, 0.15) is 0 Å². The molecule has 0 fully saturated rings. The van der Waals surface area contributed by atoms with Crippen molar-refractivity contribution in [1.29, 1.82) is 0 Å². The van der Waals surface area contributed by atoms with Gasteiger partial charge in [-0.05, 0) is 70.3 Å². The van der Waals surface area contributed by atoms with Gasteiger partial charge >= 0.3 is 0 Å². The number of rotatable bonds is 7. The fourth-order valence-corrected chi connectivity index (χ4v) is 7.21. The third kappa shape index (κ3) is 6.48. The normalized spacial score (nSPS) is 11.2. The summed E-state index contributed by atoms with van der Waals surface area (Å²) in [6.45, 7) is 0. The quantitative estimate of drug-likeness (QED) is 0.154. The average Bonchev–Trinajstić information content (AvgIpc) is 3.29. The van der Waals surface area contributed by atoms with Crippen LogP contribution in [0.15, 0.2) is 200 Å². The van der Waals surface area contributed by atoms with Crippen molar-refractivity contribution in [3.63, 3.8) is 0 Å². The molecule has 10 rings (SSSR count). The van der Waals surface area contributed by atoms with Gasteiger partial charge in [0.2, 0.25) is 0 Å². The van der Waals surface area contributed by atoms with Crippen LogP contribution in [-0.4, -0.2) is 24.9 Å². The smallest absolute Gasteiger partial charge is 0.0972 e. The van der Waals surface area contributed by atoms with E-state index in [1.165, 1.54) is 0 Å². The van der Waals surface area contributed by atoms with Crippen LogP contribution in [0.25, 0.3) is 100 Å². The van der Waals surface area contributed by atoms with E-state index in [1.807, 2.05) is 66.9 Å². The molecule has 0 saturated carbocycles. The van der Waals surface area contributed by atoms with Crippen LogP contribution in [0.4, 0.5) is 0 Å². The molecule has 0 aliphatic carbocycles. The number of fused-ring (bicyclic) bond motifs is 3. The number of hydrogen-bond donors (Lipinski definition) is 0. The fourth-order valence-electron chi connectivity index (χ4n) is 7.21. The van der Waals surface area contributed by atoms with Crippen molar-refractivity contribution in [2.45, 2.75) is 0 Å². The SMILES string of the molecule is c1ccc(-c2cc(-c3ccccn3)nc(-c3ccc(-c4ccc(-c5ccc(-c6ccc7ccc8ccc(-c9ccccc9)nc8c7n6)cc5)cc4)cn3)c2)cc1. The maximum atomic E-state index is 5.14. The molecular formula is C51H33N5. The zero-order valence-corrected chi connectivity index (χ0v) is 30.3. The van der Waals surface area contributed by atoms with Crippen molar-refractivity contribution in [3.05, 3.63) is 200 Å². The standard InChI is InChI=1S/C51H33N5/c1-3-9-34(10-4-1)43-31-48(46-13-7-8-30-52-46)54-49(32-43)47-29-26-42(33-53-47)37-16-14-35(15-17-37)36-18-20-39(21-19-36)45-28-25-41-23-22-40-24-27-44(38-11-5-2-6-12-38)55-50(40)51(41)56-45/h1-33H.